The second kappa shape index (κ2) is 12.2. The molecule has 0 aliphatic heterocycles. The lowest BCUT2D eigenvalue weighted by Gasteiger charge is -2.18. The second-order valence-electron chi connectivity index (χ2n) is 8.43. The number of aryl methyl sites for hydroxylation is 1. The Hall–Kier alpha value is -2.37. The Kier molecular flexibility index (Phi) is 10.4. The number of nitrogens with one attached hydrogen (secondary N) is 1. The third-order valence-corrected chi connectivity index (χ3v) is 4.41. The molecule has 162 valence electrons. The molecule has 1 aromatic rings. The molecule has 0 aliphatic rings. The molecule has 0 saturated carbocycles. The van der Waals surface area contributed by atoms with Crippen LogP contribution in [0.3, 0.4) is 0 Å². The molecule has 0 aliphatic carbocycles. The molecular weight excluding hydrogens is 366 g/mol. The molecule has 1 aromatic carbocycles. The van der Waals surface area contributed by atoms with Gasteiger partial charge in [0.1, 0.15) is 11.4 Å². The van der Waals surface area contributed by atoms with Crippen molar-refractivity contribution in [2.75, 3.05) is 0 Å². The standard InChI is InChI=1S/C23H37N3O3/c1-6-7-8-9-10-11-13-18-14-12-15-19(16-18)21(27)25-17(2)20(24)26-22(28)29-23(3,4)5/h12,14-17H,6-11,13H2,1-5H3,(H,25,27)(H2,24,26,28). The third kappa shape index (κ3) is 10.7. The van der Waals surface area contributed by atoms with Crippen molar-refractivity contribution in [1.29, 1.82) is 0 Å². The normalized spacial score (nSPS) is 13.1. The number of aliphatic imine (C=N–C) groups is 1. The highest BCUT2D eigenvalue weighted by Gasteiger charge is 2.18. The van der Waals surface area contributed by atoms with Crippen molar-refractivity contribution in [3.8, 4) is 0 Å². The molecule has 29 heavy (non-hydrogen) atoms. The van der Waals surface area contributed by atoms with Gasteiger partial charge in [0.25, 0.3) is 5.91 Å². The maximum atomic E-state index is 12.5. The molecule has 0 aromatic heterocycles. The molecule has 0 bridgehead atoms. The average molecular weight is 404 g/mol. The molecule has 1 rings (SSSR count). The Morgan fingerprint density at radius 3 is 2.45 bits per heavy atom. The van der Waals surface area contributed by atoms with Crippen molar-refractivity contribution in [3.63, 3.8) is 0 Å². The maximum absolute atomic E-state index is 12.5. The SMILES string of the molecule is CCCCCCCCc1cccc(C(=O)NC(C)C(N)=NC(=O)OC(C)(C)C)c1. The number of hydrogen-bond acceptors (Lipinski definition) is 3. The van der Waals surface area contributed by atoms with E-state index < -0.39 is 17.7 Å². The highest BCUT2D eigenvalue weighted by Crippen LogP contribution is 2.12. The van der Waals surface area contributed by atoms with E-state index >= 15 is 0 Å². The topological polar surface area (TPSA) is 93.8 Å². The number of carbonyl (C=O) groups is 2. The summed E-state index contributed by atoms with van der Waals surface area (Å²) in [7, 11) is 0. The summed E-state index contributed by atoms with van der Waals surface area (Å²) in [6.45, 7) is 9.15. The van der Waals surface area contributed by atoms with Crippen LogP contribution < -0.4 is 11.1 Å². The number of carbonyl (C=O) groups excluding carboxylic acids is 2. The van der Waals surface area contributed by atoms with Crippen molar-refractivity contribution >= 4 is 17.8 Å². The number of amidine groups is 1. The summed E-state index contributed by atoms with van der Waals surface area (Å²) in [4.78, 5) is 28.0. The Bertz CT molecular complexity index is 693. The maximum Gasteiger partial charge on any atom is 0.435 e. The van der Waals surface area contributed by atoms with Gasteiger partial charge in [0.2, 0.25) is 0 Å². The lowest BCUT2D eigenvalue weighted by atomic mass is 10.0. The van der Waals surface area contributed by atoms with Crippen LogP contribution in [-0.4, -0.2) is 29.5 Å². The number of hydrogen-bond donors (Lipinski definition) is 2. The van der Waals surface area contributed by atoms with E-state index in [0.29, 0.717) is 5.56 Å². The fourth-order valence-corrected chi connectivity index (χ4v) is 2.82. The van der Waals surface area contributed by atoms with Crippen LogP contribution in [-0.2, 0) is 11.2 Å². The van der Waals surface area contributed by atoms with Crippen LogP contribution in [0.4, 0.5) is 4.79 Å². The summed E-state index contributed by atoms with van der Waals surface area (Å²) < 4.78 is 5.11. The number of rotatable bonds is 10. The van der Waals surface area contributed by atoms with Crippen LogP contribution in [0.1, 0.15) is 89.1 Å². The number of benzene rings is 1. The van der Waals surface area contributed by atoms with Crippen LogP contribution in [0.15, 0.2) is 29.3 Å². The zero-order chi connectivity index (χ0) is 21.9. The van der Waals surface area contributed by atoms with Crippen LogP contribution in [0.2, 0.25) is 0 Å². The van der Waals surface area contributed by atoms with Gasteiger partial charge in [0.15, 0.2) is 0 Å². The van der Waals surface area contributed by atoms with Crippen LogP contribution in [0.5, 0.6) is 0 Å². The van der Waals surface area contributed by atoms with Crippen molar-refractivity contribution in [3.05, 3.63) is 35.4 Å². The predicted molar refractivity (Wildman–Crippen MR) is 118 cm³/mol. The van der Waals surface area contributed by atoms with E-state index in [2.05, 4.69) is 17.2 Å². The minimum atomic E-state index is -0.767. The Morgan fingerprint density at radius 1 is 1.14 bits per heavy atom. The number of nitrogens with two attached hydrogens (primary N) is 1. The molecule has 0 spiro atoms. The lowest BCUT2D eigenvalue weighted by Crippen LogP contribution is -2.43. The van der Waals surface area contributed by atoms with E-state index in [4.69, 9.17) is 10.5 Å². The van der Waals surface area contributed by atoms with E-state index in [-0.39, 0.29) is 11.7 Å². The largest absolute Gasteiger partial charge is 0.442 e. The highest BCUT2D eigenvalue weighted by molar-refractivity contribution is 6.00. The Morgan fingerprint density at radius 2 is 1.79 bits per heavy atom. The van der Waals surface area contributed by atoms with Gasteiger partial charge in [-0.15, -0.1) is 0 Å². The van der Waals surface area contributed by atoms with Gasteiger partial charge in [-0.1, -0.05) is 51.2 Å². The second-order valence-corrected chi connectivity index (χ2v) is 8.43. The lowest BCUT2D eigenvalue weighted by molar-refractivity contribution is 0.0602. The first-order valence-corrected chi connectivity index (χ1v) is 10.6. The number of ether oxygens (including phenoxy) is 1. The molecule has 1 unspecified atom stereocenters. The van der Waals surface area contributed by atoms with Crippen LogP contribution in [0.25, 0.3) is 0 Å². The fraction of sp³-hybridized carbons (Fsp3) is 0.609. The van der Waals surface area contributed by atoms with Gasteiger partial charge in [-0.3, -0.25) is 4.79 Å². The number of unbranched alkanes of at least 4 members (excludes halogenated alkanes) is 5. The zero-order valence-corrected chi connectivity index (χ0v) is 18.6. The minimum absolute atomic E-state index is 0.0100. The van der Waals surface area contributed by atoms with Crippen molar-refractivity contribution in [1.82, 2.24) is 5.32 Å². The first-order valence-electron chi connectivity index (χ1n) is 10.6. The predicted octanol–water partition coefficient (Wildman–Crippen LogP) is 5.00. The highest BCUT2D eigenvalue weighted by atomic mass is 16.6. The molecule has 0 heterocycles. The fourth-order valence-electron chi connectivity index (χ4n) is 2.82. The molecule has 6 heteroatoms. The van der Waals surface area contributed by atoms with E-state index in [1.807, 2.05) is 18.2 Å². The van der Waals surface area contributed by atoms with Crippen molar-refractivity contribution in [2.24, 2.45) is 10.7 Å². The first-order chi connectivity index (χ1) is 13.6. The monoisotopic (exact) mass is 403 g/mol. The smallest absolute Gasteiger partial charge is 0.435 e. The Balaban J connectivity index is 2.57. The summed E-state index contributed by atoms with van der Waals surface area (Å²) in [5.74, 6) is -0.236. The molecule has 0 fully saturated rings. The summed E-state index contributed by atoms with van der Waals surface area (Å²) in [6.07, 6.45) is 7.65. The van der Waals surface area contributed by atoms with E-state index in [1.54, 1.807) is 33.8 Å². The van der Waals surface area contributed by atoms with Gasteiger partial charge in [-0.2, -0.15) is 4.99 Å². The zero-order valence-electron chi connectivity index (χ0n) is 18.6. The van der Waals surface area contributed by atoms with Gasteiger partial charge >= 0.3 is 6.09 Å². The van der Waals surface area contributed by atoms with Gasteiger partial charge < -0.3 is 15.8 Å². The quantitative estimate of drug-likeness (QED) is 0.326. The molecule has 3 N–H and O–H groups in total. The average Bonchev–Trinajstić information content (AvgIpc) is 2.63. The summed E-state index contributed by atoms with van der Waals surface area (Å²) in [5.41, 5.74) is 6.92. The summed E-state index contributed by atoms with van der Waals surface area (Å²) in [5, 5.41) is 2.78. The van der Waals surface area contributed by atoms with E-state index in [9.17, 15) is 9.59 Å². The van der Waals surface area contributed by atoms with E-state index in [0.717, 1.165) is 18.4 Å². The van der Waals surface area contributed by atoms with Gasteiger partial charge in [-0.25, -0.2) is 4.79 Å². The van der Waals surface area contributed by atoms with Crippen LogP contribution >= 0.6 is 0 Å². The molecule has 0 saturated heterocycles. The first kappa shape index (κ1) is 24.7. The van der Waals surface area contributed by atoms with Crippen molar-refractivity contribution in [2.45, 2.75) is 91.2 Å². The summed E-state index contributed by atoms with van der Waals surface area (Å²) in [6, 6.07) is 7.04. The van der Waals surface area contributed by atoms with Gasteiger partial charge in [0.05, 0.1) is 6.04 Å². The molecule has 0 radical (unpaired) electrons. The molecule has 2 amide bonds. The number of amides is 2. The summed E-state index contributed by atoms with van der Waals surface area (Å²) >= 11 is 0. The molecule has 1 atom stereocenters. The van der Waals surface area contributed by atoms with E-state index in [1.165, 1.54) is 32.1 Å². The number of nitrogens with zero attached hydrogens (tertiary/aromatic N) is 1. The van der Waals surface area contributed by atoms with Gasteiger partial charge in [0, 0.05) is 5.56 Å². The molecule has 6 nitrogen and oxygen atoms in total. The van der Waals surface area contributed by atoms with Crippen molar-refractivity contribution < 1.29 is 14.3 Å². The molecular formula is C23H37N3O3. The van der Waals surface area contributed by atoms with Gasteiger partial charge in [-0.05, 0) is 58.2 Å². The third-order valence-electron chi connectivity index (χ3n) is 4.41. The minimum Gasteiger partial charge on any atom is -0.442 e. The Labute approximate surface area is 175 Å². The van der Waals surface area contributed by atoms with Crippen LogP contribution in [0, 0.1) is 0 Å².